The van der Waals surface area contributed by atoms with Crippen LogP contribution in [0.3, 0.4) is 0 Å². The van der Waals surface area contributed by atoms with Crippen molar-refractivity contribution in [2.45, 2.75) is 73.2 Å². The molecular weight excluding hydrogens is 422 g/mol. The highest BCUT2D eigenvalue weighted by atomic mass is 16.7. The lowest BCUT2D eigenvalue weighted by Crippen LogP contribution is -2.52. The van der Waals surface area contributed by atoms with Crippen LogP contribution in [0.15, 0.2) is 0 Å². The number of piperidine rings is 1. The number of likely N-dealkylation sites (tertiary alicyclic amines) is 1. The Morgan fingerprint density at radius 2 is 1.66 bits per heavy atom. The van der Waals surface area contributed by atoms with Crippen molar-refractivity contribution < 1.29 is 42.9 Å². The Hall–Kier alpha value is -2.64. The maximum atomic E-state index is 12.2. The van der Waals surface area contributed by atoms with Crippen LogP contribution in [0.2, 0.25) is 0 Å². The SMILES string of the molecule is C.C#CC(OC(C)=O)C1CCN(C(=O)OC(C)(C)C)CC1OCOC.CC(=O)OC(C)=O. The van der Waals surface area contributed by atoms with Gasteiger partial charge in [0.15, 0.2) is 6.10 Å². The molecule has 3 atom stereocenters. The molecule has 1 aliphatic heterocycles. The quantitative estimate of drug-likeness (QED) is 0.201. The van der Waals surface area contributed by atoms with Crippen LogP contribution in [0.4, 0.5) is 4.79 Å². The van der Waals surface area contributed by atoms with Gasteiger partial charge < -0.3 is 28.6 Å². The first-order chi connectivity index (χ1) is 14.3. The second kappa shape index (κ2) is 15.2. The summed E-state index contributed by atoms with van der Waals surface area (Å²) < 4.78 is 25.2. The monoisotopic (exact) mass is 459 g/mol. The fourth-order valence-electron chi connectivity index (χ4n) is 2.73. The lowest BCUT2D eigenvalue weighted by atomic mass is 9.88. The summed E-state index contributed by atoms with van der Waals surface area (Å²) in [5.41, 5.74) is -0.574. The Labute approximate surface area is 190 Å². The largest absolute Gasteiger partial charge is 0.449 e. The first-order valence-electron chi connectivity index (χ1n) is 9.71. The van der Waals surface area contributed by atoms with Crippen molar-refractivity contribution in [2.75, 3.05) is 27.0 Å². The molecule has 1 rings (SSSR count). The Balaban J connectivity index is 0. The van der Waals surface area contributed by atoms with Gasteiger partial charge in [-0.3, -0.25) is 14.4 Å². The van der Waals surface area contributed by atoms with E-state index in [-0.39, 0.29) is 20.1 Å². The summed E-state index contributed by atoms with van der Waals surface area (Å²) in [6.07, 6.45) is 4.52. The number of nitrogens with zero attached hydrogens (tertiary/aromatic N) is 1. The number of rotatable bonds is 5. The molecule has 1 amide bonds. The molecule has 0 saturated carbocycles. The third-order valence-electron chi connectivity index (χ3n) is 3.80. The normalized spacial score (nSPS) is 18.5. The third-order valence-corrected chi connectivity index (χ3v) is 3.80. The lowest BCUT2D eigenvalue weighted by Gasteiger charge is -2.40. The van der Waals surface area contributed by atoms with Crippen molar-refractivity contribution in [3.05, 3.63) is 0 Å². The molecule has 1 heterocycles. The predicted molar refractivity (Wildman–Crippen MR) is 116 cm³/mol. The van der Waals surface area contributed by atoms with Gasteiger partial charge in [0.2, 0.25) is 0 Å². The summed E-state index contributed by atoms with van der Waals surface area (Å²) in [7, 11) is 1.51. The molecule has 0 N–H and O–H groups in total. The summed E-state index contributed by atoms with van der Waals surface area (Å²) >= 11 is 0. The number of methoxy groups -OCH3 is 1. The molecule has 0 aromatic rings. The molecule has 1 saturated heterocycles. The van der Waals surface area contributed by atoms with Gasteiger partial charge in [0.05, 0.1) is 12.6 Å². The lowest BCUT2D eigenvalue weighted by molar-refractivity contribution is -0.158. The van der Waals surface area contributed by atoms with E-state index in [9.17, 15) is 19.2 Å². The number of amides is 1. The zero-order valence-corrected chi connectivity index (χ0v) is 19.3. The van der Waals surface area contributed by atoms with E-state index in [0.717, 1.165) is 0 Å². The minimum atomic E-state index is -0.704. The van der Waals surface area contributed by atoms with Gasteiger partial charge >= 0.3 is 24.0 Å². The fourth-order valence-corrected chi connectivity index (χ4v) is 2.73. The zero-order chi connectivity index (χ0) is 24.2. The highest BCUT2D eigenvalue weighted by molar-refractivity contribution is 5.82. The zero-order valence-electron chi connectivity index (χ0n) is 19.3. The van der Waals surface area contributed by atoms with Crippen LogP contribution in [0, 0.1) is 18.3 Å². The van der Waals surface area contributed by atoms with Crippen molar-refractivity contribution in [2.24, 2.45) is 5.92 Å². The number of hydrogen-bond donors (Lipinski definition) is 0. The summed E-state index contributed by atoms with van der Waals surface area (Å²) in [5, 5.41) is 0. The highest BCUT2D eigenvalue weighted by Crippen LogP contribution is 2.27. The van der Waals surface area contributed by atoms with Gasteiger partial charge in [0, 0.05) is 40.3 Å². The average Bonchev–Trinajstić information content (AvgIpc) is 2.62. The van der Waals surface area contributed by atoms with Gasteiger partial charge in [0.1, 0.15) is 12.4 Å². The summed E-state index contributed by atoms with van der Waals surface area (Å²) in [5.74, 6) is 0.707. The molecule has 1 aliphatic rings. The number of terminal acetylenes is 1. The highest BCUT2D eigenvalue weighted by Gasteiger charge is 2.39. The standard InChI is InChI=1S/C17H27NO6.C4H6O3.CH4/c1-7-14(23-12(2)19)13-8-9-18(10-15(13)22-11-21-6)16(20)24-17(3,4)5;1-3(5)7-4(2)6;/h1,13-15H,8-11H2,2-6H3;1-2H3;1H4. The Morgan fingerprint density at radius 1 is 1.09 bits per heavy atom. The van der Waals surface area contributed by atoms with E-state index >= 15 is 0 Å². The second-order valence-electron chi connectivity index (χ2n) is 7.77. The molecule has 0 aliphatic carbocycles. The van der Waals surface area contributed by atoms with E-state index < -0.39 is 41.8 Å². The number of hydrogen-bond acceptors (Lipinski definition) is 9. The molecule has 0 spiro atoms. The molecule has 32 heavy (non-hydrogen) atoms. The molecular formula is C22H37NO9. The molecule has 0 bridgehead atoms. The van der Waals surface area contributed by atoms with Crippen LogP contribution in [-0.4, -0.2) is 73.7 Å². The molecule has 0 radical (unpaired) electrons. The van der Waals surface area contributed by atoms with Gasteiger partial charge in [-0.2, -0.15) is 0 Å². The van der Waals surface area contributed by atoms with Crippen molar-refractivity contribution in [1.29, 1.82) is 0 Å². The summed E-state index contributed by atoms with van der Waals surface area (Å²) in [6, 6.07) is 0. The topological polar surface area (TPSA) is 118 Å². The van der Waals surface area contributed by atoms with E-state index in [1.54, 1.807) is 4.90 Å². The van der Waals surface area contributed by atoms with Gasteiger partial charge in [-0.05, 0) is 27.2 Å². The third kappa shape index (κ3) is 13.6. The molecule has 0 aromatic heterocycles. The van der Waals surface area contributed by atoms with Crippen LogP contribution in [-0.2, 0) is 38.1 Å². The minimum absolute atomic E-state index is 0. The molecule has 0 aromatic carbocycles. The predicted octanol–water partition coefficient (Wildman–Crippen LogP) is 2.53. The van der Waals surface area contributed by atoms with E-state index in [4.69, 9.17) is 25.4 Å². The first-order valence-corrected chi connectivity index (χ1v) is 9.71. The molecule has 1 fully saturated rings. The second-order valence-corrected chi connectivity index (χ2v) is 7.77. The molecule has 184 valence electrons. The van der Waals surface area contributed by atoms with Crippen molar-refractivity contribution in [3.8, 4) is 12.3 Å². The smallest absolute Gasteiger partial charge is 0.410 e. The summed E-state index contributed by atoms with van der Waals surface area (Å²) in [6.45, 7) is 9.91. The summed E-state index contributed by atoms with van der Waals surface area (Å²) in [4.78, 5) is 44.7. The maximum absolute atomic E-state index is 12.2. The number of esters is 3. The molecule has 10 heteroatoms. The van der Waals surface area contributed by atoms with E-state index in [2.05, 4.69) is 10.7 Å². The Bertz CT molecular complexity index is 651. The van der Waals surface area contributed by atoms with E-state index in [0.29, 0.717) is 19.5 Å². The van der Waals surface area contributed by atoms with E-state index in [1.165, 1.54) is 27.9 Å². The molecule has 10 nitrogen and oxygen atoms in total. The fraction of sp³-hybridized carbons (Fsp3) is 0.727. The van der Waals surface area contributed by atoms with Gasteiger partial charge in [-0.1, -0.05) is 13.3 Å². The number of ether oxygens (including phenoxy) is 5. The van der Waals surface area contributed by atoms with Gasteiger partial charge in [0.25, 0.3) is 0 Å². The average molecular weight is 460 g/mol. The van der Waals surface area contributed by atoms with E-state index in [1.807, 2.05) is 20.8 Å². The van der Waals surface area contributed by atoms with Gasteiger partial charge in [-0.15, -0.1) is 6.42 Å². The van der Waals surface area contributed by atoms with Crippen LogP contribution in [0.5, 0.6) is 0 Å². The maximum Gasteiger partial charge on any atom is 0.410 e. The van der Waals surface area contributed by atoms with Crippen LogP contribution < -0.4 is 0 Å². The Morgan fingerprint density at radius 3 is 2.03 bits per heavy atom. The minimum Gasteiger partial charge on any atom is -0.449 e. The molecule has 3 unspecified atom stereocenters. The van der Waals surface area contributed by atoms with Crippen LogP contribution in [0.25, 0.3) is 0 Å². The van der Waals surface area contributed by atoms with Crippen LogP contribution >= 0.6 is 0 Å². The van der Waals surface area contributed by atoms with Crippen molar-refractivity contribution in [3.63, 3.8) is 0 Å². The number of carbonyl (C=O) groups excluding carboxylic acids is 4. The number of carbonyl (C=O) groups is 4. The van der Waals surface area contributed by atoms with Crippen LogP contribution in [0.1, 0.15) is 55.4 Å². The first kappa shape index (κ1) is 31.5. The van der Waals surface area contributed by atoms with Gasteiger partial charge in [-0.25, -0.2) is 4.79 Å². The van der Waals surface area contributed by atoms with Crippen molar-refractivity contribution >= 4 is 24.0 Å². The van der Waals surface area contributed by atoms with Crippen molar-refractivity contribution in [1.82, 2.24) is 4.90 Å². The Kier molecular flexibility index (Phi) is 15.0.